The van der Waals surface area contributed by atoms with Crippen LogP contribution in [0.2, 0.25) is 0 Å². The van der Waals surface area contributed by atoms with Gasteiger partial charge in [0.15, 0.2) is 0 Å². The van der Waals surface area contributed by atoms with Crippen molar-refractivity contribution in [1.82, 2.24) is 0 Å². The van der Waals surface area contributed by atoms with Crippen LogP contribution >= 0.6 is 0 Å². The fraction of sp³-hybridized carbons (Fsp3) is 0.300. The molecule has 0 spiro atoms. The first-order valence-electron chi connectivity index (χ1n) is 4.60. The van der Waals surface area contributed by atoms with E-state index in [-0.39, 0.29) is 30.5 Å². The van der Waals surface area contributed by atoms with Gasteiger partial charge < -0.3 is 11.1 Å². The van der Waals surface area contributed by atoms with E-state index in [1.807, 2.05) is 0 Å². The summed E-state index contributed by atoms with van der Waals surface area (Å²) in [6.45, 7) is 0.170. The van der Waals surface area contributed by atoms with Gasteiger partial charge in [0, 0.05) is 24.0 Å². The van der Waals surface area contributed by atoms with Crippen LogP contribution in [0.1, 0.15) is 17.9 Å². The lowest BCUT2D eigenvalue weighted by Crippen LogP contribution is -2.28. The number of nitrogens with one attached hydrogen (secondary N) is 1. The van der Waals surface area contributed by atoms with Gasteiger partial charge in [-0.05, 0) is 12.6 Å². The topological polar surface area (TPSA) is 55.1 Å². The van der Waals surface area contributed by atoms with E-state index in [4.69, 9.17) is 5.73 Å². The molecule has 3 N–H and O–H groups in total. The fourth-order valence-corrected chi connectivity index (χ4v) is 1.83. The molecule has 0 saturated heterocycles. The molecule has 2 rings (SSSR count). The number of carbonyl (C=O) groups is 1. The molecule has 0 aliphatic carbocycles. The molecule has 1 unspecified atom stereocenters. The normalized spacial score (nSPS) is 19.7. The van der Waals surface area contributed by atoms with Crippen LogP contribution in [0.3, 0.4) is 0 Å². The molecule has 0 aromatic heterocycles. The quantitative estimate of drug-likeness (QED) is 0.738. The average Bonchev–Trinajstić information content (AvgIpc) is 2.14. The fourth-order valence-electron chi connectivity index (χ4n) is 1.83. The lowest BCUT2D eigenvalue weighted by molar-refractivity contribution is -0.116. The summed E-state index contributed by atoms with van der Waals surface area (Å²) in [4.78, 5) is 11.2. The van der Waals surface area contributed by atoms with Crippen LogP contribution in [0.4, 0.5) is 14.5 Å². The molecule has 3 nitrogen and oxygen atoms in total. The molecular weight excluding hydrogens is 202 g/mol. The Bertz CT molecular complexity index is 420. The first-order valence-corrected chi connectivity index (χ1v) is 4.60. The minimum Gasteiger partial charge on any atom is -0.330 e. The van der Waals surface area contributed by atoms with E-state index in [1.165, 1.54) is 0 Å². The second-order valence-electron chi connectivity index (χ2n) is 3.53. The summed E-state index contributed by atoms with van der Waals surface area (Å²) >= 11 is 0. The number of anilines is 1. The largest absolute Gasteiger partial charge is 0.330 e. The highest BCUT2D eigenvalue weighted by Gasteiger charge is 2.27. The zero-order chi connectivity index (χ0) is 11.0. The molecular formula is C10H10F2N2O. The number of amides is 1. The molecule has 0 saturated carbocycles. The van der Waals surface area contributed by atoms with E-state index in [2.05, 4.69) is 5.32 Å². The smallest absolute Gasteiger partial charge is 0.225 e. The van der Waals surface area contributed by atoms with Crippen LogP contribution in [0, 0.1) is 11.6 Å². The van der Waals surface area contributed by atoms with Gasteiger partial charge in [0.05, 0.1) is 5.69 Å². The molecule has 1 amide bonds. The first kappa shape index (κ1) is 10.0. The van der Waals surface area contributed by atoms with E-state index in [1.54, 1.807) is 0 Å². The number of hydrogen-bond donors (Lipinski definition) is 2. The predicted octanol–water partition coefficient (Wildman–Crippen LogP) is 1.35. The zero-order valence-corrected chi connectivity index (χ0v) is 7.89. The number of rotatable bonds is 1. The third kappa shape index (κ3) is 1.70. The van der Waals surface area contributed by atoms with Crippen molar-refractivity contribution in [2.45, 2.75) is 12.3 Å². The minimum absolute atomic E-state index is 0.145. The summed E-state index contributed by atoms with van der Waals surface area (Å²) < 4.78 is 26.3. The molecule has 1 aliphatic heterocycles. The summed E-state index contributed by atoms with van der Waals surface area (Å²) in [5.74, 6) is -1.98. The molecule has 1 heterocycles. The Kier molecular flexibility index (Phi) is 2.40. The molecule has 15 heavy (non-hydrogen) atoms. The maximum atomic E-state index is 13.4. The van der Waals surface area contributed by atoms with Gasteiger partial charge in [0.1, 0.15) is 11.6 Å². The SMILES string of the molecule is NCC1CC(=O)Nc2cc(F)cc(F)c21. The van der Waals surface area contributed by atoms with Crippen molar-refractivity contribution in [3.8, 4) is 0 Å². The molecule has 5 heteroatoms. The maximum Gasteiger partial charge on any atom is 0.225 e. The van der Waals surface area contributed by atoms with Crippen LogP contribution < -0.4 is 11.1 Å². The highest BCUT2D eigenvalue weighted by Crippen LogP contribution is 2.34. The molecule has 1 aromatic rings. The van der Waals surface area contributed by atoms with Crippen LogP contribution in [0.5, 0.6) is 0 Å². The predicted molar refractivity (Wildman–Crippen MR) is 51.4 cm³/mol. The molecule has 0 bridgehead atoms. The second-order valence-corrected chi connectivity index (χ2v) is 3.53. The zero-order valence-electron chi connectivity index (χ0n) is 7.89. The van der Waals surface area contributed by atoms with Gasteiger partial charge >= 0.3 is 0 Å². The van der Waals surface area contributed by atoms with E-state index >= 15 is 0 Å². The van der Waals surface area contributed by atoms with Crippen molar-refractivity contribution < 1.29 is 13.6 Å². The Morgan fingerprint density at radius 1 is 1.47 bits per heavy atom. The Balaban J connectivity index is 2.55. The summed E-state index contributed by atoms with van der Waals surface area (Å²) in [6, 6.07) is 1.91. The van der Waals surface area contributed by atoms with Crippen LogP contribution in [-0.4, -0.2) is 12.5 Å². The Morgan fingerprint density at radius 3 is 2.87 bits per heavy atom. The third-order valence-corrected chi connectivity index (χ3v) is 2.49. The minimum atomic E-state index is -0.704. The number of hydrogen-bond acceptors (Lipinski definition) is 2. The van der Waals surface area contributed by atoms with Gasteiger partial charge in [-0.3, -0.25) is 4.79 Å². The highest BCUT2D eigenvalue weighted by atomic mass is 19.1. The lowest BCUT2D eigenvalue weighted by Gasteiger charge is -2.24. The first-order chi connectivity index (χ1) is 7.11. The van der Waals surface area contributed by atoms with Gasteiger partial charge in [0.25, 0.3) is 0 Å². The van der Waals surface area contributed by atoms with Crippen LogP contribution in [0.15, 0.2) is 12.1 Å². The maximum absolute atomic E-state index is 13.4. The Labute approximate surface area is 85.3 Å². The summed E-state index contributed by atoms with van der Waals surface area (Å²) in [5.41, 5.74) is 5.94. The van der Waals surface area contributed by atoms with Crippen molar-refractivity contribution in [2.24, 2.45) is 5.73 Å². The third-order valence-electron chi connectivity index (χ3n) is 2.49. The average molecular weight is 212 g/mol. The molecule has 1 atom stereocenters. The van der Waals surface area contributed by atoms with E-state index in [0.717, 1.165) is 12.1 Å². The standard InChI is InChI=1S/C10H10F2N2O/c11-6-2-7(12)10-5(4-13)1-9(15)14-8(10)3-6/h2-3,5H,1,4,13H2,(H,14,15). The lowest BCUT2D eigenvalue weighted by atomic mass is 9.90. The molecule has 1 aromatic carbocycles. The molecule has 1 aliphatic rings. The molecule has 0 fully saturated rings. The number of nitrogens with two attached hydrogens (primary N) is 1. The van der Waals surface area contributed by atoms with Crippen molar-refractivity contribution in [1.29, 1.82) is 0 Å². The van der Waals surface area contributed by atoms with Crippen LogP contribution in [0.25, 0.3) is 0 Å². The van der Waals surface area contributed by atoms with Crippen LogP contribution in [-0.2, 0) is 4.79 Å². The van der Waals surface area contributed by atoms with Crippen molar-refractivity contribution in [3.63, 3.8) is 0 Å². The molecule has 0 radical (unpaired) electrons. The van der Waals surface area contributed by atoms with E-state index in [9.17, 15) is 13.6 Å². The monoisotopic (exact) mass is 212 g/mol. The van der Waals surface area contributed by atoms with Gasteiger partial charge in [-0.25, -0.2) is 8.78 Å². The number of carbonyl (C=O) groups excluding carboxylic acids is 1. The summed E-state index contributed by atoms with van der Waals surface area (Å²) in [7, 11) is 0. The highest BCUT2D eigenvalue weighted by molar-refractivity contribution is 5.94. The van der Waals surface area contributed by atoms with E-state index < -0.39 is 11.6 Å². The second kappa shape index (κ2) is 3.58. The number of benzene rings is 1. The van der Waals surface area contributed by atoms with Crippen molar-refractivity contribution >= 4 is 11.6 Å². The number of fused-ring (bicyclic) bond motifs is 1. The summed E-state index contributed by atoms with van der Waals surface area (Å²) in [6.07, 6.45) is 0.145. The van der Waals surface area contributed by atoms with Gasteiger partial charge in [-0.1, -0.05) is 0 Å². The number of halogens is 2. The van der Waals surface area contributed by atoms with Crippen molar-refractivity contribution in [2.75, 3.05) is 11.9 Å². The van der Waals surface area contributed by atoms with E-state index in [0.29, 0.717) is 5.56 Å². The van der Waals surface area contributed by atoms with Crippen molar-refractivity contribution in [3.05, 3.63) is 29.3 Å². The molecule has 80 valence electrons. The van der Waals surface area contributed by atoms with Gasteiger partial charge in [-0.2, -0.15) is 0 Å². The Morgan fingerprint density at radius 2 is 2.20 bits per heavy atom. The Hall–Kier alpha value is -1.49. The van der Waals surface area contributed by atoms with Gasteiger partial charge in [-0.15, -0.1) is 0 Å². The summed E-state index contributed by atoms with van der Waals surface area (Å²) in [5, 5.41) is 2.43. The van der Waals surface area contributed by atoms with Gasteiger partial charge in [0.2, 0.25) is 5.91 Å².